The van der Waals surface area contributed by atoms with Crippen LogP contribution in [-0.4, -0.2) is 15.1 Å². The second kappa shape index (κ2) is 6.06. The van der Waals surface area contributed by atoms with Gasteiger partial charge in [0.2, 0.25) is 0 Å². The first-order chi connectivity index (χ1) is 12.1. The summed E-state index contributed by atoms with van der Waals surface area (Å²) in [6.45, 7) is 5.88. The van der Waals surface area contributed by atoms with Crippen molar-refractivity contribution in [3.05, 3.63) is 70.9 Å². The molecule has 0 aliphatic heterocycles. The number of aromatic nitrogens is 3. The maximum atomic E-state index is 5.34. The maximum Gasteiger partial charge on any atom is 0.141 e. The number of hydrogen-bond acceptors (Lipinski definition) is 3. The van der Waals surface area contributed by atoms with Crippen LogP contribution in [0.1, 0.15) is 28.4 Å². The minimum Gasteiger partial charge on any atom is -0.361 e. The summed E-state index contributed by atoms with van der Waals surface area (Å²) in [6, 6.07) is 14.5. The van der Waals surface area contributed by atoms with Crippen LogP contribution in [0.25, 0.3) is 34.3 Å². The van der Waals surface area contributed by atoms with Crippen LogP contribution in [0.15, 0.2) is 47.0 Å². The molecule has 0 spiro atoms. The normalized spacial score (nSPS) is 11.6. The summed E-state index contributed by atoms with van der Waals surface area (Å²) in [6.07, 6.45) is 4.22. The molecule has 2 heterocycles. The van der Waals surface area contributed by atoms with E-state index in [-0.39, 0.29) is 0 Å². The monoisotopic (exact) mass is 329 g/mol. The highest BCUT2D eigenvalue weighted by Crippen LogP contribution is 2.32. The first kappa shape index (κ1) is 15.4. The highest BCUT2D eigenvalue weighted by atomic mass is 16.5. The Labute approximate surface area is 146 Å². The zero-order chi connectivity index (χ0) is 17.4. The van der Waals surface area contributed by atoms with Crippen molar-refractivity contribution >= 4 is 23.2 Å². The molecule has 0 atom stereocenters. The number of aromatic amines is 1. The number of imidazole rings is 1. The van der Waals surface area contributed by atoms with E-state index in [0.29, 0.717) is 0 Å². The molecule has 0 saturated carbocycles. The maximum absolute atomic E-state index is 5.34. The summed E-state index contributed by atoms with van der Waals surface area (Å²) in [5.74, 6) is 1.73. The number of fused-ring (bicyclic) bond motifs is 1. The van der Waals surface area contributed by atoms with Gasteiger partial charge in [-0.2, -0.15) is 0 Å². The molecule has 0 bridgehead atoms. The van der Waals surface area contributed by atoms with Gasteiger partial charge >= 0.3 is 0 Å². The van der Waals surface area contributed by atoms with E-state index in [9.17, 15) is 0 Å². The fourth-order valence-electron chi connectivity index (χ4n) is 3.18. The third-order valence-electron chi connectivity index (χ3n) is 4.31. The molecule has 4 rings (SSSR count). The molecule has 2 aromatic heterocycles. The van der Waals surface area contributed by atoms with Crippen molar-refractivity contribution in [2.24, 2.45) is 0 Å². The van der Waals surface area contributed by atoms with Crippen LogP contribution in [0.2, 0.25) is 0 Å². The molecular weight excluding hydrogens is 310 g/mol. The van der Waals surface area contributed by atoms with E-state index < -0.39 is 0 Å². The highest BCUT2D eigenvalue weighted by Gasteiger charge is 2.14. The van der Waals surface area contributed by atoms with Gasteiger partial charge in [-0.25, -0.2) is 4.98 Å². The van der Waals surface area contributed by atoms with Crippen molar-refractivity contribution in [3.63, 3.8) is 0 Å². The van der Waals surface area contributed by atoms with Crippen molar-refractivity contribution in [3.8, 4) is 11.1 Å². The van der Waals surface area contributed by atoms with E-state index in [1.54, 1.807) is 0 Å². The third-order valence-corrected chi connectivity index (χ3v) is 4.31. The number of nitrogens with zero attached hydrogens (tertiary/aromatic N) is 2. The number of rotatable bonds is 3. The molecule has 2 aromatic carbocycles. The molecule has 0 aliphatic rings. The zero-order valence-electron chi connectivity index (χ0n) is 14.5. The molecule has 25 heavy (non-hydrogen) atoms. The number of hydrogen-bond donors (Lipinski definition) is 1. The first-order valence-corrected chi connectivity index (χ1v) is 8.28. The highest BCUT2D eigenvalue weighted by molar-refractivity contribution is 5.92. The van der Waals surface area contributed by atoms with Crippen molar-refractivity contribution in [2.45, 2.75) is 20.8 Å². The van der Waals surface area contributed by atoms with Gasteiger partial charge in [-0.3, -0.25) is 0 Å². The van der Waals surface area contributed by atoms with Crippen LogP contribution >= 0.6 is 0 Å². The van der Waals surface area contributed by atoms with Crippen LogP contribution in [0.3, 0.4) is 0 Å². The van der Waals surface area contributed by atoms with Gasteiger partial charge in [0.05, 0.1) is 16.7 Å². The lowest BCUT2D eigenvalue weighted by atomic mass is 10.00. The lowest BCUT2D eigenvalue weighted by Crippen LogP contribution is -1.86. The van der Waals surface area contributed by atoms with Crippen LogP contribution < -0.4 is 0 Å². The van der Waals surface area contributed by atoms with E-state index in [4.69, 9.17) is 4.52 Å². The van der Waals surface area contributed by atoms with Gasteiger partial charge in [0.15, 0.2) is 0 Å². The summed E-state index contributed by atoms with van der Waals surface area (Å²) in [4.78, 5) is 7.99. The van der Waals surface area contributed by atoms with Gasteiger partial charge in [-0.15, -0.1) is 0 Å². The Morgan fingerprint density at radius 3 is 2.52 bits per heavy atom. The average Bonchev–Trinajstić information content (AvgIpc) is 3.14. The van der Waals surface area contributed by atoms with Gasteiger partial charge < -0.3 is 9.51 Å². The third kappa shape index (κ3) is 2.87. The molecule has 4 nitrogen and oxygen atoms in total. The van der Waals surface area contributed by atoms with Gasteiger partial charge in [0.25, 0.3) is 0 Å². The molecule has 0 amide bonds. The van der Waals surface area contributed by atoms with E-state index in [1.807, 2.05) is 39.0 Å². The largest absolute Gasteiger partial charge is 0.361 e. The lowest BCUT2D eigenvalue weighted by molar-refractivity contribution is 0.393. The van der Waals surface area contributed by atoms with E-state index in [0.717, 1.165) is 50.6 Å². The van der Waals surface area contributed by atoms with Crippen molar-refractivity contribution in [1.29, 1.82) is 0 Å². The van der Waals surface area contributed by atoms with Crippen molar-refractivity contribution in [2.75, 3.05) is 0 Å². The Balaban J connectivity index is 1.89. The Morgan fingerprint density at radius 1 is 1.00 bits per heavy atom. The molecule has 0 saturated heterocycles. The molecular formula is C21H19N3O. The number of H-pyrrole nitrogens is 1. The van der Waals surface area contributed by atoms with Crippen LogP contribution in [0.5, 0.6) is 0 Å². The first-order valence-electron chi connectivity index (χ1n) is 8.28. The molecule has 0 aliphatic carbocycles. The second-order valence-electron chi connectivity index (χ2n) is 6.23. The molecule has 0 fully saturated rings. The fourth-order valence-corrected chi connectivity index (χ4v) is 3.18. The Kier molecular flexibility index (Phi) is 3.73. The van der Waals surface area contributed by atoms with E-state index in [1.165, 1.54) is 0 Å². The summed E-state index contributed by atoms with van der Waals surface area (Å²) < 4.78 is 5.34. The summed E-state index contributed by atoms with van der Waals surface area (Å²) in [7, 11) is 0. The number of benzene rings is 2. The topological polar surface area (TPSA) is 54.7 Å². The second-order valence-corrected chi connectivity index (χ2v) is 6.23. The summed E-state index contributed by atoms with van der Waals surface area (Å²) >= 11 is 0. The molecule has 124 valence electrons. The lowest BCUT2D eigenvalue weighted by Gasteiger charge is -2.04. The number of nitrogens with one attached hydrogen (secondary N) is 1. The minimum absolute atomic E-state index is 0.825. The molecule has 4 aromatic rings. The summed E-state index contributed by atoms with van der Waals surface area (Å²) in [5, 5.41) is 4.08. The smallest absolute Gasteiger partial charge is 0.141 e. The number of aryl methyl sites for hydroxylation is 3. The minimum atomic E-state index is 0.825. The predicted molar refractivity (Wildman–Crippen MR) is 101 cm³/mol. The zero-order valence-corrected chi connectivity index (χ0v) is 14.5. The van der Waals surface area contributed by atoms with Gasteiger partial charge in [-0.05, 0) is 44.0 Å². The van der Waals surface area contributed by atoms with Crippen LogP contribution in [0, 0.1) is 20.8 Å². The predicted octanol–water partition coefficient (Wildman–Crippen LogP) is 5.31. The molecule has 0 radical (unpaired) electrons. The van der Waals surface area contributed by atoms with Gasteiger partial charge in [0.1, 0.15) is 11.6 Å². The SMILES string of the molecule is Cc1nc2c(/C=C/c3ccccc3)cc(-c3c(C)noc3C)cc2[nH]1. The summed E-state index contributed by atoms with van der Waals surface area (Å²) in [5.41, 5.74) is 7.24. The van der Waals surface area contributed by atoms with Crippen LogP contribution in [-0.2, 0) is 0 Å². The van der Waals surface area contributed by atoms with Crippen LogP contribution in [0.4, 0.5) is 0 Å². The van der Waals surface area contributed by atoms with Crippen molar-refractivity contribution in [1.82, 2.24) is 15.1 Å². The molecule has 4 heteroatoms. The fraction of sp³-hybridized carbons (Fsp3) is 0.143. The van der Waals surface area contributed by atoms with Gasteiger partial charge in [-0.1, -0.05) is 47.6 Å². The average molecular weight is 329 g/mol. The molecule has 0 unspecified atom stereocenters. The van der Waals surface area contributed by atoms with E-state index in [2.05, 4.69) is 51.5 Å². The Hall–Kier alpha value is -3.14. The molecule has 1 N–H and O–H groups in total. The van der Waals surface area contributed by atoms with Crippen molar-refractivity contribution < 1.29 is 4.52 Å². The Morgan fingerprint density at radius 2 is 1.80 bits per heavy atom. The van der Waals surface area contributed by atoms with E-state index >= 15 is 0 Å². The quantitative estimate of drug-likeness (QED) is 0.518. The van der Waals surface area contributed by atoms with Gasteiger partial charge in [0, 0.05) is 11.1 Å². The standard InChI is InChI=1S/C21H19N3O/c1-13-20(14(2)25-24-13)18-11-17(10-9-16-7-5-4-6-8-16)21-19(12-18)22-15(3)23-21/h4-12H,1-3H3,(H,22,23)/b10-9+. The Bertz CT molecular complexity index is 1050.